The zero-order chi connectivity index (χ0) is 13.8. The smallest absolute Gasteiger partial charge is 0.358 e. The van der Waals surface area contributed by atoms with Crippen molar-refractivity contribution in [2.75, 3.05) is 12.3 Å². The predicted molar refractivity (Wildman–Crippen MR) is 68.5 cm³/mol. The van der Waals surface area contributed by atoms with E-state index in [1.54, 1.807) is 18.5 Å². The van der Waals surface area contributed by atoms with Crippen LogP contribution in [0.5, 0.6) is 5.75 Å². The fraction of sp³-hybridized carbons (Fsp3) is 0.250. The van der Waals surface area contributed by atoms with Gasteiger partial charge < -0.3 is 15.6 Å². The molecule has 0 aromatic carbocycles. The second-order valence-electron chi connectivity index (χ2n) is 3.91. The zero-order valence-electron chi connectivity index (χ0n) is 10.4. The number of nitrogen functional groups attached to an aromatic ring is 1. The summed E-state index contributed by atoms with van der Waals surface area (Å²) in [7, 11) is 0. The van der Waals surface area contributed by atoms with Gasteiger partial charge in [0.05, 0.1) is 36.6 Å². The molecule has 0 radical (unpaired) electrons. The fourth-order valence-electron chi connectivity index (χ4n) is 1.52. The summed E-state index contributed by atoms with van der Waals surface area (Å²) >= 11 is 0. The predicted octanol–water partition coefficient (Wildman–Crippen LogP) is 1.34. The fourth-order valence-corrected chi connectivity index (χ4v) is 1.52. The van der Waals surface area contributed by atoms with Gasteiger partial charge >= 0.3 is 5.97 Å². The minimum Gasteiger partial charge on any atom is -0.492 e. The highest BCUT2D eigenvalue weighted by atomic mass is 16.5. The van der Waals surface area contributed by atoms with Crippen molar-refractivity contribution in [1.29, 1.82) is 0 Å². The van der Waals surface area contributed by atoms with Crippen LogP contribution in [0.15, 0.2) is 24.7 Å². The van der Waals surface area contributed by atoms with Crippen LogP contribution in [-0.2, 0) is 0 Å². The topological polar surface area (TPSA) is 103 Å². The number of nitrogens with two attached hydrogens (primary N) is 1. The molecule has 2 heterocycles. The molecule has 0 fully saturated rings. The highest BCUT2D eigenvalue weighted by Crippen LogP contribution is 2.17. The SMILES string of the molecule is CCCOc1cncc(-n2cc(N)c(C(=O)O)n2)c1. The Morgan fingerprint density at radius 1 is 1.53 bits per heavy atom. The highest BCUT2D eigenvalue weighted by Gasteiger charge is 2.14. The summed E-state index contributed by atoms with van der Waals surface area (Å²) in [5.74, 6) is -0.562. The minimum atomic E-state index is -1.16. The van der Waals surface area contributed by atoms with Crippen molar-refractivity contribution in [2.45, 2.75) is 13.3 Å². The average Bonchev–Trinajstić information content (AvgIpc) is 2.79. The lowest BCUT2D eigenvalue weighted by Crippen LogP contribution is -2.03. The van der Waals surface area contributed by atoms with Gasteiger partial charge in [0.25, 0.3) is 0 Å². The maximum atomic E-state index is 10.9. The number of carbonyl (C=O) groups is 1. The number of pyridine rings is 1. The van der Waals surface area contributed by atoms with Crippen molar-refractivity contribution >= 4 is 11.7 Å². The third kappa shape index (κ3) is 2.82. The molecule has 0 spiro atoms. The molecule has 0 aliphatic rings. The third-order valence-electron chi connectivity index (χ3n) is 2.38. The third-order valence-corrected chi connectivity index (χ3v) is 2.38. The maximum absolute atomic E-state index is 10.9. The molecule has 3 N–H and O–H groups in total. The van der Waals surface area contributed by atoms with Crippen molar-refractivity contribution in [1.82, 2.24) is 14.8 Å². The summed E-state index contributed by atoms with van der Waals surface area (Å²) in [5, 5.41) is 12.8. The summed E-state index contributed by atoms with van der Waals surface area (Å²) in [6, 6.07) is 1.72. The van der Waals surface area contributed by atoms with E-state index in [9.17, 15) is 4.79 Å². The van der Waals surface area contributed by atoms with Gasteiger partial charge in [-0.05, 0) is 6.42 Å². The highest BCUT2D eigenvalue weighted by molar-refractivity contribution is 5.91. The van der Waals surface area contributed by atoms with Crippen molar-refractivity contribution in [2.24, 2.45) is 0 Å². The molecule has 0 aliphatic heterocycles. The number of anilines is 1. The van der Waals surface area contributed by atoms with E-state index in [2.05, 4.69) is 10.1 Å². The van der Waals surface area contributed by atoms with Crippen LogP contribution in [0.3, 0.4) is 0 Å². The number of nitrogens with zero attached hydrogens (tertiary/aromatic N) is 3. The number of ether oxygens (including phenoxy) is 1. The second-order valence-corrected chi connectivity index (χ2v) is 3.91. The number of carboxylic acid groups (broad SMARTS) is 1. The van der Waals surface area contributed by atoms with Gasteiger partial charge in [-0.1, -0.05) is 6.92 Å². The summed E-state index contributed by atoms with van der Waals surface area (Å²) in [6.07, 6.45) is 5.47. The van der Waals surface area contributed by atoms with Crippen LogP contribution in [0.4, 0.5) is 5.69 Å². The van der Waals surface area contributed by atoms with E-state index < -0.39 is 5.97 Å². The molecule has 7 nitrogen and oxygen atoms in total. The Morgan fingerprint density at radius 3 is 2.95 bits per heavy atom. The molecule has 0 saturated heterocycles. The molecule has 2 aromatic rings. The first-order chi connectivity index (χ1) is 9.11. The van der Waals surface area contributed by atoms with E-state index in [1.165, 1.54) is 10.9 Å². The molecular formula is C12H14N4O3. The second kappa shape index (κ2) is 5.38. The Morgan fingerprint density at radius 2 is 2.32 bits per heavy atom. The first-order valence-electron chi connectivity index (χ1n) is 5.78. The largest absolute Gasteiger partial charge is 0.492 e. The van der Waals surface area contributed by atoms with Gasteiger partial charge in [0, 0.05) is 6.07 Å². The first kappa shape index (κ1) is 12.9. The molecule has 100 valence electrons. The lowest BCUT2D eigenvalue weighted by molar-refractivity contribution is 0.0691. The minimum absolute atomic E-state index is 0.104. The number of rotatable bonds is 5. The molecule has 2 aromatic heterocycles. The summed E-state index contributed by atoms with van der Waals surface area (Å²) in [5.41, 5.74) is 6.10. The van der Waals surface area contributed by atoms with Crippen molar-refractivity contribution in [3.05, 3.63) is 30.4 Å². The Balaban J connectivity index is 2.31. The number of hydrogen-bond acceptors (Lipinski definition) is 5. The molecule has 0 saturated carbocycles. The lowest BCUT2D eigenvalue weighted by atomic mass is 10.4. The van der Waals surface area contributed by atoms with Crippen LogP contribution < -0.4 is 10.5 Å². The monoisotopic (exact) mass is 262 g/mol. The molecule has 0 amide bonds. The normalized spacial score (nSPS) is 10.4. The molecule has 19 heavy (non-hydrogen) atoms. The number of carboxylic acids is 1. The number of hydrogen-bond donors (Lipinski definition) is 2. The van der Waals surface area contributed by atoms with Gasteiger partial charge in [-0.2, -0.15) is 5.10 Å². The van der Waals surface area contributed by atoms with Crippen LogP contribution in [0.2, 0.25) is 0 Å². The van der Waals surface area contributed by atoms with Gasteiger partial charge in [-0.15, -0.1) is 0 Å². The molecule has 0 unspecified atom stereocenters. The average molecular weight is 262 g/mol. The summed E-state index contributed by atoms with van der Waals surface area (Å²) < 4.78 is 6.82. The van der Waals surface area contributed by atoms with Crippen molar-refractivity contribution < 1.29 is 14.6 Å². The van der Waals surface area contributed by atoms with Crippen LogP contribution in [-0.4, -0.2) is 32.4 Å². The van der Waals surface area contributed by atoms with Crippen LogP contribution in [0.25, 0.3) is 5.69 Å². The standard InChI is InChI=1S/C12H14N4O3/c1-2-3-19-9-4-8(5-14-6-9)16-7-10(13)11(15-16)12(17)18/h4-7H,2-3,13H2,1H3,(H,17,18). The molecule has 0 atom stereocenters. The Labute approximate surface area is 109 Å². The van der Waals surface area contributed by atoms with E-state index in [4.69, 9.17) is 15.6 Å². The molecule has 0 aliphatic carbocycles. The van der Waals surface area contributed by atoms with Gasteiger partial charge in [-0.3, -0.25) is 4.98 Å². The van der Waals surface area contributed by atoms with Crippen LogP contribution in [0, 0.1) is 0 Å². The first-order valence-corrected chi connectivity index (χ1v) is 5.78. The van der Waals surface area contributed by atoms with Gasteiger partial charge in [0.15, 0.2) is 5.69 Å². The van der Waals surface area contributed by atoms with Crippen molar-refractivity contribution in [3.63, 3.8) is 0 Å². The Bertz CT molecular complexity index is 594. The molecule has 2 rings (SSSR count). The number of aromatic nitrogens is 3. The van der Waals surface area contributed by atoms with E-state index in [-0.39, 0.29) is 11.4 Å². The zero-order valence-corrected chi connectivity index (χ0v) is 10.4. The summed E-state index contributed by atoms with van der Waals surface area (Å²) in [6.45, 7) is 2.59. The van der Waals surface area contributed by atoms with Crippen LogP contribution in [0.1, 0.15) is 23.8 Å². The maximum Gasteiger partial charge on any atom is 0.358 e. The quantitative estimate of drug-likeness (QED) is 0.842. The van der Waals surface area contributed by atoms with Gasteiger partial charge in [0.1, 0.15) is 5.75 Å². The Kier molecular flexibility index (Phi) is 3.65. The van der Waals surface area contributed by atoms with E-state index in [0.29, 0.717) is 18.0 Å². The van der Waals surface area contributed by atoms with Gasteiger partial charge in [-0.25, -0.2) is 9.48 Å². The molecule has 7 heteroatoms. The van der Waals surface area contributed by atoms with E-state index in [0.717, 1.165) is 6.42 Å². The Hall–Kier alpha value is -2.57. The van der Waals surface area contributed by atoms with Crippen molar-refractivity contribution in [3.8, 4) is 11.4 Å². The lowest BCUT2D eigenvalue weighted by Gasteiger charge is -2.06. The van der Waals surface area contributed by atoms with Crippen LogP contribution >= 0.6 is 0 Å². The van der Waals surface area contributed by atoms with E-state index in [1.807, 2.05) is 6.92 Å². The molecule has 0 bridgehead atoms. The number of aromatic carboxylic acids is 1. The van der Waals surface area contributed by atoms with E-state index >= 15 is 0 Å². The van der Waals surface area contributed by atoms with Gasteiger partial charge in [0.2, 0.25) is 0 Å². The molecular weight excluding hydrogens is 248 g/mol. The summed E-state index contributed by atoms with van der Waals surface area (Å²) in [4.78, 5) is 14.9.